The van der Waals surface area contributed by atoms with Crippen LogP contribution in [0.15, 0.2) is 42.5 Å². The van der Waals surface area contributed by atoms with Gasteiger partial charge in [0.15, 0.2) is 5.13 Å². The van der Waals surface area contributed by atoms with Crippen molar-refractivity contribution < 1.29 is 22.4 Å². The summed E-state index contributed by atoms with van der Waals surface area (Å²) in [6, 6.07) is 9.25. The van der Waals surface area contributed by atoms with E-state index in [9.17, 15) is 22.4 Å². The van der Waals surface area contributed by atoms with Gasteiger partial charge in [-0.2, -0.15) is 13.2 Å². The topological polar surface area (TPSA) is 45.2 Å². The average Bonchev–Trinajstić information content (AvgIpc) is 3.31. The van der Waals surface area contributed by atoms with Crippen molar-refractivity contribution in [3.63, 3.8) is 0 Å². The number of nitrogens with zero attached hydrogens (tertiary/aromatic N) is 2. The first kappa shape index (κ1) is 19.6. The Morgan fingerprint density at radius 1 is 1.24 bits per heavy atom. The van der Waals surface area contributed by atoms with Crippen LogP contribution >= 0.6 is 11.3 Å². The number of benzene rings is 2. The molecule has 0 unspecified atom stereocenters. The highest BCUT2D eigenvalue weighted by Crippen LogP contribution is 2.33. The van der Waals surface area contributed by atoms with E-state index in [0.29, 0.717) is 36.7 Å². The lowest BCUT2D eigenvalue weighted by atomic mass is 10.1. The Bertz CT molecular complexity index is 1050. The van der Waals surface area contributed by atoms with E-state index in [1.165, 1.54) is 46.6 Å². The molecule has 0 spiro atoms. The highest BCUT2D eigenvalue weighted by atomic mass is 32.1. The van der Waals surface area contributed by atoms with Gasteiger partial charge in [-0.3, -0.25) is 4.79 Å². The van der Waals surface area contributed by atoms with Crippen LogP contribution in [-0.2, 0) is 6.18 Å². The minimum atomic E-state index is -4.57. The first-order valence-corrected chi connectivity index (χ1v) is 9.88. The van der Waals surface area contributed by atoms with E-state index in [1.807, 2.05) is 0 Å². The molecule has 1 N–H and O–H groups in total. The number of aromatic nitrogens is 1. The largest absolute Gasteiger partial charge is 0.417 e. The molecule has 1 aromatic heterocycles. The van der Waals surface area contributed by atoms with Crippen molar-refractivity contribution in [2.45, 2.75) is 12.6 Å². The molecular weight excluding hydrogens is 406 g/mol. The van der Waals surface area contributed by atoms with Crippen molar-refractivity contribution in [1.82, 2.24) is 9.88 Å². The van der Waals surface area contributed by atoms with Crippen LogP contribution in [0.1, 0.15) is 22.3 Å². The lowest BCUT2D eigenvalue weighted by molar-refractivity contribution is -0.138. The summed E-state index contributed by atoms with van der Waals surface area (Å²) in [7, 11) is 0. The molecule has 1 atom stereocenters. The molecule has 152 valence electrons. The van der Waals surface area contributed by atoms with Gasteiger partial charge in [0.05, 0.1) is 21.3 Å². The van der Waals surface area contributed by atoms with Gasteiger partial charge >= 0.3 is 6.18 Å². The zero-order valence-corrected chi connectivity index (χ0v) is 16.0. The number of nitrogens with one attached hydrogen (secondary N) is 1. The van der Waals surface area contributed by atoms with Crippen LogP contribution in [-0.4, -0.2) is 35.4 Å². The van der Waals surface area contributed by atoms with E-state index in [0.717, 1.165) is 10.8 Å². The van der Waals surface area contributed by atoms with E-state index < -0.39 is 17.6 Å². The third-order valence-corrected chi connectivity index (χ3v) is 5.90. The summed E-state index contributed by atoms with van der Waals surface area (Å²) in [6.45, 7) is 1.31. The maximum atomic E-state index is 13.3. The number of amides is 1. The molecule has 1 fully saturated rings. The van der Waals surface area contributed by atoms with Gasteiger partial charge in [-0.15, -0.1) is 0 Å². The molecule has 1 saturated heterocycles. The van der Waals surface area contributed by atoms with Gasteiger partial charge in [0.2, 0.25) is 0 Å². The maximum Gasteiger partial charge on any atom is 0.417 e. The third-order valence-electron chi connectivity index (χ3n) is 4.93. The Labute approximate surface area is 168 Å². The second-order valence-corrected chi connectivity index (χ2v) is 7.99. The molecule has 29 heavy (non-hydrogen) atoms. The van der Waals surface area contributed by atoms with Crippen LogP contribution < -0.4 is 5.32 Å². The summed E-state index contributed by atoms with van der Waals surface area (Å²) in [5.41, 5.74) is -0.527. The van der Waals surface area contributed by atoms with E-state index in [4.69, 9.17) is 0 Å². The number of rotatable bonds is 4. The van der Waals surface area contributed by atoms with Gasteiger partial charge in [0.25, 0.3) is 5.91 Å². The highest BCUT2D eigenvalue weighted by Gasteiger charge is 2.37. The van der Waals surface area contributed by atoms with Crippen molar-refractivity contribution in [3.8, 4) is 0 Å². The van der Waals surface area contributed by atoms with E-state index in [1.54, 1.807) is 6.07 Å². The monoisotopic (exact) mass is 423 g/mol. The van der Waals surface area contributed by atoms with Gasteiger partial charge < -0.3 is 10.2 Å². The number of fused-ring (bicyclic) bond motifs is 1. The smallest absolute Gasteiger partial charge is 0.361 e. The summed E-state index contributed by atoms with van der Waals surface area (Å²) in [6.07, 6.45) is -3.88. The fourth-order valence-corrected chi connectivity index (χ4v) is 4.37. The number of hydrogen-bond acceptors (Lipinski definition) is 4. The van der Waals surface area contributed by atoms with Crippen LogP contribution in [0, 0.1) is 11.7 Å². The summed E-state index contributed by atoms with van der Waals surface area (Å²) < 4.78 is 53.6. The molecular formula is C20H17F4N3OS. The van der Waals surface area contributed by atoms with Crippen LogP contribution in [0.4, 0.5) is 22.7 Å². The second-order valence-electron chi connectivity index (χ2n) is 6.96. The normalized spacial score (nSPS) is 17.1. The van der Waals surface area contributed by atoms with Crippen molar-refractivity contribution in [3.05, 3.63) is 59.4 Å². The zero-order chi connectivity index (χ0) is 20.6. The molecule has 0 aliphatic carbocycles. The van der Waals surface area contributed by atoms with Crippen LogP contribution in [0.25, 0.3) is 10.2 Å². The Balaban J connectivity index is 1.39. The maximum absolute atomic E-state index is 13.3. The number of halogens is 4. The van der Waals surface area contributed by atoms with Gasteiger partial charge in [-0.25, -0.2) is 9.37 Å². The number of likely N-dealkylation sites (tertiary alicyclic amines) is 1. The van der Waals surface area contributed by atoms with Crippen molar-refractivity contribution in [2.24, 2.45) is 5.92 Å². The van der Waals surface area contributed by atoms with Gasteiger partial charge in [0, 0.05) is 19.6 Å². The minimum Gasteiger partial charge on any atom is -0.361 e. The van der Waals surface area contributed by atoms with Crippen LogP contribution in [0.2, 0.25) is 0 Å². The van der Waals surface area contributed by atoms with Crippen molar-refractivity contribution in [2.75, 3.05) is 25.0 Å². The van der Waals surface area contributed by atoms with Gasteiger partial charge in [0.1, 0.15) is 5.82 Å². The molecule has 1 aliphatic heterocycles. The Morgan fingerprint density at radius 3 is 2.83 bits per heavy atom. The highest BCUT2D eigenvalue weighted by molar-refractivity contribution is 7.22. The second kappa shape index (κ2) is 7.62. The molecule has 0 radical (unpaired) electrons. The standard InChI is InChI=1S/C20H17F4N3OS/c21-13-5-6-16-17(9-13)29-19(26-16)25-10-12-7-8-27(11-12)18(28)14-3-1-2-4-15(14)20(22,23)24/h1-6,9,12H,7-8,10-11H2,(H,25,26)/t12-/m0/s1. The fraction of sp³-hybridized carbons (Fsp3) is 0.300. The molecule has 0 saturated carbocycles. The Kier molecular flexibility index (Phi) is 5.16. The number of hydrogen-bond donors (Lipinski definition) is 1. The zero-order valence-electron chi connectivity index (χ0n) is 15.2. The van der Waals surface area contributed by atoms with E-state index >= 15 is 0 Å². The third kappa shape index (κ3) is 4.19. The van der Waals surface area contributed by atoms with Crippen molar-refractivity contribution >= 4 is 32.6 Å². The Hall–Kier alpha value is -2.68. The molecule has 2 aromatic carbocycles. The minimum absolute atomic E-state index is 0.0979. The average molecular weight is 423 g/mol. The molecule has 4 rings (SSSR count). The van der Waals surface area contributed by atoms with E-state index in [2.05, 4.69) is 10.3 Å². The number of anilines is 1. The van der Waals surface area contributed by atoms with Crippen LogP contribution in [0.3, 0.4) is 0 Å². The molecule has 1 amide bonds. The van der Waals surface area contributed by atoms with E-state index in [-0.39, 0.29) is 17.3 Å². The SMILES string of the molecule is O=C(c1ccccc1C(F)(F)F)N1CC[C@@H](CNc2nc3ccc(F)cc3s2)C1. The first-order chi connectivity index (χ1) is 13.8. The van der Waals surface area contributed by atoms with Gasteiger partial charge in [-0.1, -0.05) is 23.5 Å². The predicted octanol–water partition coefficient (Wildman–Crippen LogP) is 5.03. The number of alkyl halides is 3. The van der Waals surface area contributed by atoms with Gasteiger partial charge in [-0.05, 0) is 42.7 Å². The van der Waals surface area contributed by atoms with Crippen LogP contribution in [0.5, 0.6) is 0 Å². The molecule has 4 nitrogen and oxygen atoms in total. The van der Waals surface area contributed by atoms with Crippen molar-refractivity contribution in [1.29, 1.82) is 0 Å². The summed E-state index contributed by atoms with van der Waals surface area (Å²) in [5, 5.41) is 3.85. The predicted molar refractivity (Wildman–Crippen MR) is 104 cm³/mol. The fourth-order valence-electron chi connectivity index (χ4n) is 3.48. The Morgan fingerprint density at radius 2 is 2.03 bits per heavy atom. The summed E-state index contributed by atoms with van der Waals surface area (Å²) in [5.74, 6) is -0.826. The quantitative estimate of drug-likeness (QED) is 0.599. The number of thiazole rings is 1. The summed E-state index contributed by atoms with van der Waals surface area (Å²) >= 11 is 1.34. The molecule has 0 bridgehead atoms. The lowest BCUT2D eigenvalue weighted by Crippen LogP contribution is -2.31. The molecule has 9 heteroatoms. The molecule has 2 heterocycles. The lowest BCUT2D eigenvalue weighted by Gasteiger charge is -2.19. The first-order valence-electron chi connectivity index (χ1n) is 9.07. The number of carbonyl (C=O) groups excluding carboxylic acids is 1. The molecule has 1 aliphatic rings. The summed E-state index contributed by atoms with van der Waals surface area (Å²) in [4.78, 5) is 18.5. The molecule has 3 aromatic rings. The number of carbonyl (C=O) groups is 1.